The van der Waals surface area contributed by atoms with E-state index in [0.29, 0.717) is 11.3 Å². The molecule has 1 heterocycles. The molecular formula is C12H17NO3. The molecule has 4 nitrogen and oxygen atoms in total. The Morgan fingerprint density at radius 1 is 1.56 bits per heavy atom. The van der Waals surface area contributed by atoms with Gasteiger partial charge in [0.05, 0.1) is 0 Å². The van der Waals surface area contributed by atoms with Gasteiger partial charge in [-0.3, -0.25) is 4.79 Å². The average molecular weight is 223 g/mol. The molecule has 0 radical (unpaired) electrons. The fourth-order valence-corrected chi connectivity index (χ4v) is 1.30. The molecule has 4 heteroatoms. The van der Waals surface area contributed by atoms with Crippen molar-refractivity contribution in [2.45, 2.75) is 33.3 Å². The molecule has 1 amide bonds. The Kier molecular flexibility index (Phi) is 3.12. The maximum atomic E-state index is 11.7. The highest BCUT2D eigenvalue weighted by atomic mass is 16.5. The van der Waals surface area contributed by atoms with Crippen LogP contribution in [0, 0.1) is 0 Å². The molecule has 1 aliphatic heterocycles. The number of carbonyl (C=O) groups is 1. The van der Waals surface area contributed by atoms with E-state index in [1.165, 1.54) is 6.08 Å². The highest BCUT2D eigenvalue weighted by Crippen LogP contribution is 2.28. The van der Waals surface area contributed by atoms with Gasteiger partial charge in [0.1, 0.15) is 11.5 Å². The molecule has 16 heavy (non-hydrogen) atoms. The van der Waals surface area contributed by atoms with Crippen LogP contribution in [0.3, 0.4) is 0 Å². The van der Waals surface area contributed by atoms with Crippen molar-refractivity contribution in [1.82, 2.24) is 5.32 Å². The topological polar surface area (TPSA) is 58.6 Å². The van der Waals surface area contributed by atoms with E-state index in [0.717, 1.165) is 0 Å². The van der Waals surface area contributed by atoms with Crippen LogP contribution in [-0.4, -0.2) is 16.6 Å². The van der Waals surface area contributed by atoms with Gasteiger partial charge in [-0.15, -0.1) is 0 Å². The first kappa shape index (κ1) is 12.4. The van der Waals surface area contributed by atoms with E-state index in [1.807, 2.05) is 0 Å². The Morgan fingerprint density at radius 2 is 2.12 bits per heavy atom. The zero-order valence-corrected chi connectivity index (χ0v) is 10.0. The first-order chi connectivity index (χ1) is 7.29. The Morgan fingerprint density at radius 3 is 2.56 bits per heavy atom. The second kappa shape index (κ2) is 4.04. The fourth-order valence-electron chi connectivity index (χ4n) is 1.30. The summed E-state index contributed by atoms with van der Waals surface area (Å²) in [5.74, 6) is 0.1000. The number of nitrogens with one attached hydrogen (secondary N) is 1. The highest BCUT2D eigenvalue weighted by Gasteiger charge is 2.37. The van der Waals surface area contributed by atoms with Crippen LogP contribution >= 0.6 is 0 Å². The molecule has 2 N–H and O–H groups in total. The highest BCUT2D eigenvalue weighted by molar-refractivity contribution is 5.88. The number of allylic oxidation sites excluding steroid dienone is 2. The summed E-state index contributed by atoms with van der Waals surface area (Å²) in [6.07, 6.45) is 1.49. The van der Waals surface area contributed by atoms with Gasteiger partial charge in [0.2, 0.25) is 0 Å². The lowest BCUT2D eigenvalue weighted by Crippen LogP contribution is -2.48. The van der Waals surface area contributed by atoms with Crippen LogP contribution in [0.25, 0.3) is 0 Å². The van der Waals surface area contributed by atoms with Crippen LogP contribution in [0.1, 0.15) is 27.7 Å². The van der Waals surface area contributed by atoms with E-state index < -0.39 is 5.60 Å². The van der Waals surface area contributed by atoms with Crippen molar-refractivity contribution in [3.8, 4) is 0 Å². The summed E-state index contributed by atoms with van der Waals surface area (Å²) < 4.78 is 5.55. The normalized spacial score (nSPS) is 20.2. The number of amides is 1. The lowest BCUT2D eigenvalue weighted by molar-refractivity contribution is -0.140. The van der Waals surface area contributed by atoms with Gasteiger partial charge >= 0.3 is 0 Å². The number of aliphatic hydroxyl groups is 1. The van der Waals surface area contributed by atoms with E-state index in [1.54, 1.807) is 27.7 Å². The summed E-state index contributed by atoms with van der Waals surface area (Å²) in [5, 5.41) is 12.3. The van der Waals surface area contributed by atoms with E-state index >= 15 is 0 Å². The van der Waals surface area contributed by atoms with Gasteiger partial charge in [-0.1, -0.05) is 6.58 Å². The molecular weight excluding hydrogens is 206 g/mol. The number of rotatable bonds is 2. The summed E-state index contributed by atoms with van der Waals surface area (Å²) in [5.41, 5.74) is -0.0259. The van der Waals surface area contributed by atoms with Crippen molar-refractivity contribution in [3.05, 3.63) is 35.4 Å². The van der Waals surface area contributed by atoms with Gasteiger partial charge in [-0.05, 0) is 39.3 Å². The molecule has 0 bridgehead atoms. The van der Waals surface area contributed by atoms with Gasteiger partial charge in [-0.2, -0.15) is 0 Å². The van der Waals surface area contributed by atoms with Crippen molar-refractivity contribution < 1.29 is 14.6 Å². The summed E-state index contributed by atoms with van der Waals surface area (Å²) in [6, 6.07) is 0. The van der Waals surface area contributed by atoms with Crippen molar-refractivity contribution in [2.24, 2.45) is 0 Å². The third-order valence-corrected chi connectivity index (χ3v) is 2.29. The average Bonchev–Trinajstić information content (AvgIpc) is 2.20. The summed E-state index contributed by atoms with van der Waals surface area (Å²) >= 11 is 0. The Bertz CT molecular complexity index is 402. The Hall–Kier alpha value is -1.71. The van der Waals surface area contributed by atoms with Crippen molar-refractivity contribution >= 4 is 5.91 Å². The van der Waals surface area contributed by atoms with Crippen LogP contribution in [-0.2, 0) is 9.53 Å². The molecule has 0 saturated carbocycles. The van der Waals surface area contributed by atoms with Crippen molar-refractivity contribution in [2.75, 3.05) is 0 Å². The molecule has 0 aromatic rings. The maximum absolute atomic E-state index is 11.7. The SMILES string of the molecule is C=C(C)C1=C(/C(O)=C\C)NC(=O)C(C)(C)O1. The van der Waals surface area contributed by atoms with E-state index in [4.69, 9.17) is 4.74 Å². The lowest BCUT2D eigenvalue weighted by atomic mass is 10.0. The van der Waals surface area contributed by atoms with Gasteiger partial charge in [-0.25, -0.2) is 0 Å². The zero-order valence-electron chi connectivity index (χ0n) is 10.0. The van der Waals surface area contributed by atoms with Crippen molar-refractivity contribution in [3.63, 3.8) is 0 Å². The first-order valence-electron chi connectivity index (χ1n) is 5.06. The second-order valence-electron chi connectivity index (χ2n) is 4.22. The molecule has 88 valence electrons. The van der Waals surface area contributed by atoms with Gasteiger partial charge in [0.25, 0.3) is 5.91 Å². The Balaban J connectivity index is 3.28. The number of hydrogen-bond donors (Lipinski definition) is 2. The third-order valence-electron chi connectivity index (χ3n) is 2.29. The minimum atomic E-state index is -0.953. The number of aliphatic hydroxyl groups excluding tert-OH is 1. The summed E-state index contributed by atoms with van der Waals surface area (Å²) in [7, 11) is 0. The molecule has 1 rings (SSSR count). The molecule has 0 unspecified atom stereocenters. The molecule has 0 spiro atoms. The number of carbonyl (C=O) groups excluding carboxylic acids is 1. The summed E-state index contributed by atoms with van der Waals surface area (Å²) in [4.78, 5) is 11.7. The largest absolute Gasteiger partial charge is 0.506 e. The molecule has 1 aliphatic rings. The van der Waals surface area contributed by atoms with Crippen LogP contribution in [0.15, 0.2) is 35.4 Å². The smallest absolute Gasteiger partial charge is 0.268 e. The van der Waals surface area contributed by atoms with Gasteiger partial charge < -0.3 is 15.2 Å². The third kappa shape index (κ3) is 2.10. The van der Waals surface area contributed by atoms with Crippen LogP contribution in [0.5, 0.6) is 0 Å². The Labute approximate surface area is 95.3 Å². The molecule has 0 atom stereocenters. The fraction of sp³-hybridized carbons (Fsp3) is 0.417. The lowest BCUT2D eigenvalue weighted by Gasteiger charge is -2.33. The molecule has 0 aromatic carbocycles. The van der Waals surface area contributed by atoms with Crippen LogP contribution < -0.4 is 5.32 Å². The quantitative estimate of drug-likeness (QED) is 0.705. The minimum absolute atomic E-state index is 0.0261. The molecule has 0 fully saturated rings. The van der Waals surface area contributed by atoms with E-state index in [9.17, 15) is 9.90 Å². The predicted molar refractivity (Wildman–Crippen MR) is 61.5 cm³/mol. The monoisotopic (exact) mass is 223 g/mol. The molecule has 0 aromatic heterocycles. The number of ether oxygens (including phenoxy) is 1. The van der Waals surface area contributed by atoms with Gasteiger partial charge in [0, 0.05) is 0 Å². The second-order valence-corrected chi connectivity index (χ2v) is 4.22. The molecule has 0 aliphatic carbocycles. The predicted octanol–water partition coefficient (Wildman–Crippen LogP) is 2.16. The van der Waals surface area contributed by atoms with E-state index in [2.05, 4.69) is 11.9 Å². The van der Waals surface area contributed by atoms with Crippen molar-refractivity contribution in [1.29, 1.82) is 0 Å². The minimum Gasteiger partial charge on any atom is -0.506 e. The van der Waals surface area contributed by atoms with Crippen LogP contribution in [0.4, 0.5) is 0 Å². The first-order valence-corrected chi connectivity index (χ1v) is 5.06. The summed E-state index contributed by atoms with van der Waals surface area (Å²) in [6.45, 7) is 10.5. The van der Waals surface area contributed by atoms with Crippen LogP contribution in [0.2, 0.25) is 0 Å². The zero-order chi connectivity index (χ0) is 12.5. The maximum Gasteiger partial charge on any atom is 0.268 e. The van der Waals surface area contributed by atoms with Gasteiger partial charge in [0.15, 0.2) is 11.4 Å². The standard InChI is InChI=1S/C12H17NO3/c1-6-8(14)9-10(7(2)3)16-12(4,5)11(15)13-9/h6,14H,2H2,1,3-5H3,(H,13,15)/b8-6+. The molecule has 0 saturated heterocycles. The number of hydrogen-bond acceptors (Lipinski definition) is 3. The van der Waals surface area contributed by atoms with E-state index in [-0.39, 0.29) is 17.4 Å².